The van der Waals surface area contributed by atoms with E-state index < -0.39 is 16.0 Å². The Morgan fingerprint density at radius 1 is 1.12 bits per heavy atom. The average molecular weight is 375 g/mol. The van der Waals surface area contributed by atoms with Crippen molar-refractivity contribution < 1.29 is 22.7 Å². The van der Waals surface area contributed by atoms with Gasteiger partial charge in [-0.3, -0.25) is 4.31 Å². The van der Waals surface area contributed by atoms with Gasteiger partial charge in [0.25, 0.3) is 0 Å². The van der Waals surface area contributed by atoms with E-state index >= 15 is 0 Å². The van der Waals surface area contributed by atoms with Gasteiger partial charge in [0.15, 0.2) is 0 Å². The van der Waals surface area contributed by atoms with Crippen LogP contribution in [0, 0.1) is 6.92 Å². The Labute approximate surface area is 153 Å². The lowest BCUT2D eigenvalue weighted by molar-refractivity contribution is 0.0450. The molecule has 2 aromatic rings. The fourth-order valence-electron chi connectivity index (χ4n) is 2.78. The molecule has 26 heavy (non-hydrogen) atoms. The maximum absolute atomic E-state index is 12.1. The van der Waals surface area contributed by atoms with Crippen molar-refractivity contribution in [3.05, 3.63) is 59.7 Å². The number of hydrogen-bond donors (Lipinski definition) is 0. The summed E-state index contributed by atoms with van der Waals surface area (Å²) in [5.41, 5.74) is 2.04. The first kappa shape index (κ1) is 18.3. The molecule has 1 aliphatic rings. The van der Waals surface area contributed by atoms with Crippen molar-refractivity contribution in [3.63, 3.8) is 0 Å². The molecule has 1 heterocycles. The van der Waals surface area contributed by atoms with Crippen LogP contribution in [0.1, 0.15) is 22.3 Å². The summed E-state index contributed by atoms with van der Waals surface area (Å²) >= 11 is 0. The Hall–Kier alpha value is -2.54. The fraction of sp³-hybridized carbons (Fsp3) is 0.316. The third-order valence-corrected chi connectivity index (χ3v) is 5.93. The molecule has 2 aromatic carbocycles. The Balaban J connectivity index is 1.50. The zero-order chi connectivity index (χ0) is 18.6. The topological polar surface area (TPSA) is 72.9 Å². The van der Waals surface area contributed by atoms with E-state index in [4.69, 9.17) is 9.47 Å². The van der Waals surface area contributed by atoms with E-state index in [2.05, 4.69) is 0 Å². The van der Waals surface area contributed by atoms with Gasteiger partial charge in [0.05, 0.1) is 17.0 Å². The van der Waals surface area contributed by atoms with Crippen LogP contribution in [0.2, 0.25) is 0 Å². The molecule has 0 aromatic heterocycles. The van der Waals surface area contributed by atoms with Crippen molar-refractivity contribution in [2.75, 3.05) is 29.8 Å². The molecule has 0 unspecified atom stereocenters. The average Bonchev–Trinajstić information content (AvgIpc) is 2.98. The van der Waals surface area contributed by atoms with Crippen molar-refractivity contribution >= 4 is 21.7 Å². The van der Waals surface area contributed by atoms with E-state index in [-0.39, 0.29) is 19.0 Å². The minimum Gasteiger partial charge on any atom is -0.490 e. The minimum atomic E-state index is -3.22. The number of aryl methyl sites for hydroxylation is 1. The van der Waals surface area contributed by atoms with Gasteiger partial charge in [0.2, 0.25) is 10.0 Å². The number of benzene rings is 2. The first-order chi connectivity index (χ1) is 12.5. The van der Waals surface area contributed by atoms with E-state index in [9.17, 15) is 13.2 Å². The molecular formula is C19H21NO5S. The number of carbonyl (C=O) groups is 1. The van der Waals surface area contributed by atoms with Crippen LogP contribution in [0.3, 0.4) is 0 Å². The van der Waals surface area contributed by atoms with Gasteiger partial charge < -0.3 is 9.47 Å². The van der Waals surface area contributed by atoms with Crippen LogP contribution in [0.15, 0.2) is 48.5 Å². The van der Waals surface area contributed by atoms with Crippen LogP contribution in [0.5, 0.6) is 5.75 Å². The lowest BCUT2D eigenvalue weighted by Gasteiger charge is -2.16. The van der Waals surface area contributed by atoms with Gasteiger partial charge in [-0.2, -0.15) is 0 Å². The first-order valence-electron chi connectivity index (χ1n) is 8.43. The molecule has 6 nitrogen and oxygen atoms in total. The van der Waals surface area contributed by atoms with Crippen LogP contribution in [0.25, 0.3) is 0 Å². The maximum Gasteiger partial charge on any atom is 0.338 e. The second kappa shape index (κ2) is 7.78. The number of nitrogens with zero attached hydrogens (tertiary/aromatic N) is 1. The van der Waals surface area contributed by atoms with Crippen molar-refractivity contribution in [1.29, 1.82) is 0 Å². The van der Waals surface area contributed by atoms with Gasteiger partial charge in [-0.1, -0.05) is 12.1 Å². The summed E-state index contributed by atoms with van der Waals surface area (Å²) in [6, 6.07) is 14.0. The van der Waals surface area contributed by atoms with E-state index in [1.807, 2.05) is 31.2 Å². The number of hydrogen-bond acceptors (Lipinski definition) is 5. The van der Waals surface area contributed by atoms with Gasteiger partial charge in [0, 0.05) is 6.54 Å². The number of ether oxygens (including phenoxy) is 2. The molecule has 0 bridgehead atoms. The molecule has 0 amide bonds. The van der Waals surface area contributed by atoms with Gasteiger partial charge in [0.1, 0.15) is 19.0 Å². The second-order valence-corrected chi connectivity index (χ2v) is 8.10. The third-order valence-electron chi connectivity index (χ3n) is 4.07. The Kier molecular flexibility index (Phi) is 5.46. The van der Waals surface area contributed by atoms with Gasteiger partial charge >= 0.3 is 5.97 Å². The summed E-state index contributed by atoms with van der Waals surface area (Å²) in [6.07, 6.45) is 0.618. The highest BCUT2D eigenvalue weighted by molar-refractivity contribution is 7.93. The number of rotatable bonds is 6. The smallest absolute Gasteiger partial charge is 0.338 e. The fourth-order valence-corrected chi connectivity index (χ4v) is 4.34. The minimum absolute atomic E-state index is 0.134. The highest BCUT2D eigenvalue weighted by Crippen LogP contribution is 2.24. The molecule has 0 radical (unpaired) electrons. The maximum atomic E-state index is 12.1. The predicted molar refractivity (Wildman–Crippen MR) is 99.1 cm³/mol. The molecule has 3 rings (SSSR count). The molecule has 0 saturated carbocycles. The monoisotopic (exact) mass is 375 g/mol. The Bertz CT molecular complexity index is 877. The lowest BCUT2D eigenvalue weighted by Crippen LogP contribution is -2.25. The predicted octanol–water partition coefficient (Wildman–Crippen LogP) is 2.77. The standard InChI is InChI=1S/C19H21NO5S/c1-15-4-2-5-18(14-15)24-11-12-25-19(21)16-6-8-17(9-7-16)20-10-3-13-26(20,22)23/h2,4-9,14H,3,10-13H2,1H3. The van der Waals surface area contributed by atoms with Crippen LogP contribution in [-0.4, -0.2) is 39.9 Å². The molecule has 0 N–H and O–H groups in total. The summed E-state index contributed by atoms with van der Waals surface area (Å²) < 4.78 is 35.9. The van der Waals surface area contributed by atoms with E-state index in [0.29, 0.717) is 24.2 Å². The summed E-state index contributed by atoms with van der Waals surface area (Å²) in [5.74, 6) is 0.434. The largest absolute Gasteiger partial charge is 0.490 e. The highest BCUT2D eigenvalue weighted by atomic mass is 32.2. The van der Waals surface area contributed by atoms with Gasteiger partial charge in [-0.05, 0) is 55.3 Å². The lowest BCUT2D eigenvalue weighted by atomic mass is 10.2. The number of carbonyl (C=O) groups excluding carboxylic acids is 1. The number of sulfonamides is 1. The van der Waals surface area contributed by atoms with Crippen LogP contribution in [-0.2, 0) is 14.8 Å². The second-order valence-electron chi connectivity index (χ2n) is 6.09. The Morgan fingerprint density at radius 2 is 1.88 bits per heavy atom. The normalized spacial score (nSPS) is 15.7. The van der Waals surface area contributed by atoms with E-state index in [1.54, 1.807) is 24.3 Å². The molecular weight excluding hydrogens is 354 g/mol. The SMILES string of the molecule is Cc1cccc(OCCOC(=O)c2ccc(N3CCCS3(=O)=O)cc2)c1. The highest BCUT2D eigenvalue weighted by Gasteiger charge is 2.28. The van der Waals surface area contributed by atoms with Gasteiger partial charge in [-0.15, -0.1) is 0 Å². The molecule has 1 saturated heterocycles. The van der Waals surface area contributed by atoms with Gasteiger partial charge in [-0.25, -0.2) is 13.2 Å². The summed E-state index contributed by atoms with van der Waals surface area (Å²) in [4.78, 5) is 12.1. The summed E-state index contributed by atoms with van der Waals surface area (Å²) in [6.45, 7) is 2.85. The molecule has 0 aliphatic carbocycles. The third kappa shape index (κ3) is 4.35. The van der Waals surface area contributed by atoms with Crippen molar-refractivity contribution in [3.8, 4) is 5.75 Å². The molecule has 0 spiro atoms. The molecule has 7 heteroatoms. The van der Waals surface area contributed by atoms with Crippen LogP contribution < -0.4 is 9.04 Å². The Morgan fingerprint density at radius 3 is 2.54 bits per heavy atom. The number of esters is 1. The molecule has 1 aliphatic heterocycles. The summed E-state index contributed by atoms with van der Waals surface area (Å²) in [7, 11) is -3.22. The van der Waals surface area contributed by atoms with Crippen LogP contribution >= 0.6 is 0 Å². The molecule has 138 valence electrons. The van der Waals surface area contributed by atoms with E-state index in [1.165, 1.54) is 4.31 Å². The van der Waals surface area contributed by atoms with E-state index in [0.717, 1.165) is 11.3 Å². The first-order valence-corrected chi connectivity index (χ1v) is 10.0. The van der Waals surface area contributed by atoms with Crippen LogP contribution in [0.4, 0.5) is 5.69 Å². The zero-order valence-corrected chi connectivity index (χ0v) is 15.4. The summed E-state index contributed by atoms with van der Waals surface area (Å²) in [5, 5.41) is 0. The van der Waals surface area contributed by atoms with Crippen molar-refractivity contribution in [2.45, 2.75) is 13.3 Å². The van der Waals surface area contributed by atoms with Crippen molar-refractivity contribution in [1.82, 2.24) is 0 Å². The quantitative estimate of drug-likeness (QED) is 0.573. The number of anilines is 1. The molecule has 0 atom stereocenters. The molecule has 1 fully saturated rings. The zero-order valence-electron chi connectivity index (χ0n) is 14.6. The van der Waals surface area contributed by atoms with Crippen molar-refractivity contribution in [2.24, 2.45) is 0 Å².